The summed E-state index contributed by atoms with van der Waals surface area (Å²) < 4.78 is 25.2. The molecule has 2 rings (SSSR count). The van der Waals surface area contributed by atoms with Crippen LogP contribution in [0.2, 0.25) is 0 Å². The van der Waals surface area contributed by atoms with Crippen molar-refractivity contribution in [1.82, 2.24) is 9.55 Å². The van der Waals surface area contributed by atoms with Crippen LogP contribution in [0.4, 0.5) is 17.2 Å². The number of nitrogen functional groups attached to an aromatic ring is 1. The number of H-pyrrole nitrogens is 1. The molecule has 0 unspecified atom stereocenters. The molecule has 0 saturated carbocycles. The third-order valence-corrected chi connectivity index (χ3v) is 5.69. The topological polar surface area (TPSA) is 178 Å². The smallest absolute Gasteiger partial charge is 0.330 e. The fourth-order valence-electron chi connectivity index (χ4n) is 3.21. The Bertz CT molecular complexity index is 1310. The van der Waals surface area contributed by atoms with E-state index in [0.29, 0.717) is 0 Å². The van der Waals surface area contributed by atoms with E-state index in [0.717, 1.165) is 33.9 Å². The summed E-state index contributed by atoms with van der Waals surface area (Å²) in [6.45, 7) is 7.36. The van der Waals surface area contributed by atoms with Crippen molar-refractivity contribution < 1.29 is 18.1 Å². The molecule has 1 aromatic carbocycles. The number of non-ortho nitro benzene ring substituents is 1. The van der Waals surface area contributed by atoms with Crippen LogP contribution in [0, 0.1) is 22.0 Å². The molecule has 33 heavy (non-hydrogen) atoms. The molecule has 0 atom stereocenters. The molecule has 0 radical (unpaired) electrons. The zero-order valence-electron chi connectivity index (χ0n) is 19.0. The summed E-state index contributed by atoms with van der Waals surface area (Å²) in [5.74, 6) is -1.29. The van der Waals surface area contributed by atoms with Crippen molar-refractivity contribution in [1.29, 1.82) is 0 Å². The average molecular weight is 482 g/mol. The number of nitro groups is 1. The Morgan fingerprint density at radius 2 is 1.79 bits per heavy atom. The van der Waals surface area contributed by atoms with Crippen LogP contribution in [0.15, 0.2) is 32.7 Å². The molecule has 0 aliphatic rings. The number of nitrogens with zero attached hydrogens (tertiary/aromatic N) is 3. The second-order valence-electron chi connectivity index (χ2n) is 8.55. The first-order valence-corrected chi connectivity index (χ1v) is 12.0. The molecular weight excluding hydrogens is 454 g/mol. The van der Waals surface area contributed by atoms with Gasteiger partial charge in [0.15, 0.2) is 15.5 Å². The van der Waals surface area contributed by atoms with Crippen molar-refractivity contribution in [3.63, 3.8) is 0 Å². The summed E-state index contributed by atoms with van der Waals surface area (Å²) in [5.41, 5.74) is 3.31. The quantitative estimate of drug-likeness (QED) is 0.419. The van der Waals surface area contributed by atoms with E-state index in [1.54, 1.807) is 13.8 Å². The van der Waals surface area contributed by atoms with Gasteiger partial charge in [0.2, 0.25) is 0 Å². The number of aromatic amines is 1. The van der Waals surface area contributed by atoms with Crippen molar-refractivity contribution in [2.24, 2.45) is 11.8 Å². The van der Waals surface area contributed by atoms with E-state index in [4.69, 9.17) is 5.73 Å². The minimum atomic E-state index is -3.88. The molecule has 0 aliphatic carbocycles. The van der Waals surface area contributed by atoms with E-state index < -0.39 is 42.5 Å². The lowest BCUT2D eigenvalue weighted by Gasteiger charge is -2.26. The maximum absolute atomic E-state index is 13.5. The monoisotopic (exact) mass is 481 g/mol. The van der Waals surface area contributed by atoms with E-state index in [1.807, 2.05) is 13.8 Å². The lowest BCUT2D eigenvalue weighted by molar-refractivity contribution is -0.385. The number of carbonyl (C=O) groups excluding carboxylic acids is 1. The van der Waals surface area contributed by atoms with E-state index in [2.05, 4.69) is 4.98 Å². The van der Waals surface area contributed by atoms with Crippen molar-refractivity contribution in [3.8, 4) is 0 Å². The fraction of sp³-hybridized carbons (Fsp3) is 0.450. The van der Waals surface area contributed by atoms with Gasteiger partial charge in [0.05, 0.1) is 9.82 Å². The first-order valence-electron chi connectivity index (χ1n) is 10.1. The lowest BCUT2D eigenvalue weighted by Crippen LogP contribution is -2.43. The van der Waals surface area contributed by atoms with Gasteiger partial charge in [-0.3, -0.25) is 29.3 Å². The number of carbonyl (C=O) groups is 1. The highest BCUT2D eigenvalue weighted by atomic mass is 32.2. The number of hydrogen-bond acceptors (Lipinski definition) is 8. The van der Waals surface area contributed by atoms with Gasteiger partial charge in [0.25, 0.3) is 17.2 Å². The van der Waals surface area contributed by atoms with E-state index in [1.165, 1.54) is 0 Å². The van der Waals surface area contributed by atoms with E-state index in [-0.39, 0.29) is 42.0 Å². The minimum Gasteiger partial charge on any atom is -0.383 e. The van der Waals surface area contributed by atoms with Crippen LogP contribution in [-0.4, -0.2) is 41.6 Å². The molecule has 0 bridgehead atoms. The Balaban J connectivity index is 2.80. The summed E-state index contributed by atoms with van der Waals surface area (Å²) >= 11 is 0. The molecular formula is C20H27N5O7S. The minimum absolute atomic E-state index is 0.00732. The Labute approximate surface area is 190 Å². The number of nitrogens with one attached hydrogen (secondary N) is 1. The van der Waals surface area contributed by atoms with E-state index in [9.17, 15) is 32.9 Å². The van der Waals surface area contributed by atoms with Gasteiger partial charge >= 0.3 is 5.69 Å². The molecule has 12 nitrogen and oxygen atoms in total. The van der Waals surface area contributed by atoms with Crippen molar-refractivity contribution in [2.45, 2.75) is 39.1 Å². The molecule has 1 aromatic heterocycles. The fourth-order valence-corrected chi connectivity index (χ4v) is 3.88. The highest BCUT2D eigenvalue weighted by Gasteiger charge is 2.28. The number of aromatic nitrogens is 2. The number of rotatable bonds is 8. The van der Waals surface area contributed by atoms with Gasteiger partial charge in [-0.25, -0.2) is 13.2 Å². The number of amides is 1. The number of nitro benzene ring substituents is 1. The molecule has 13 heteroatoms. The predicted molar refractivity (Wildman–Crippen MR) is 123 cm³/mol. The molecule has 180 valence electrons. The van der Waals surface area contributed by atoms with Gasteiger partial charge < -0.3 is 10.6 Å². The van der Waals surface area contributed by atoms with Crippen LogP contribution >= 0.6 is 0 Å². The van der Waals surface area contributed by atoms with Gasteiger partial charge in [-0.15, -0.1) is 0 Å². The van der Waals surface area contributed by atoms with Gasteiger partial charge in [-0.05, 0) is 17.9 Å². The van der Waals surface area contributed by atoms with Crippen LogP contribution < -0.4 is 21.9 Å². The van der Waals surface area contributed by atoms with Crippen molar-refractivity contribution in [2.75, 3.05) is 23.4 Å². The molecule has 3 N–H and O–H groups in total. The zero-order chi connectivity index (χ0) is 25.2. The van der Waals surface area contributed by atoms with Gasteiger partial charge in [-0.2, -0.15) is 0 Å². The maximum atomic E-state index is 13.5. The molecule has 0 aliphatic heterocycles. The van der Waals surface area contributed by atoms with Crippen molar-refractivity contribution in [3.05, 3.63) is 54.7 Å². The van der Waals surface area contributed by atoms with Crippen molar-refractivity contribution >= 4 is 32.9 Å². The first-order chi connectivity index (χ1) is 15.1. The predicted octanol–water partition coefficient (Wildman–Crippen LogP) is 1.39. The Morgan fingerprint density at radius 1 is 1.18 bits per heavy atom. The lowest BCUT2D eigenvalue weighted by atomic mass is 10.1. The third kappa shape index (κ3) is 5.86. The van der Waals surface area contributed by atoms with Crippen LogP contribution in [0.3, 0.4) is 0 Å². The van der Waals surface area contributed by atoms with Gasteiger partial charge in [0, 0.05) is 37.0 Å². The Hall–Kier alpha value is -3.48. The molecule has 1 amide bonds. The maximum Gasteiger partial charge on any atom is 0.330 e. The molecule has 0 fully saturated rings. The number of benzene rings is 1. The van der Waals surface area contributed by atoms with Gasteiger partial charge in [0.1, 0.15) is 5.82 Å². The van der Waals surface area contributed by atoms with Crippen LogP contribution in [0.25, 0.3) is 0 Å². The number of sulfone groups is 1. The average Bonchev–Trinajstić information content (AvgIpc) is 2.68. The second-order valence-corrected chi connectivity index (χ2v) is 10.6. The highest BCUT2D eigenvalue weighted by molar-refractivity contribution is 7.90. The molecule has 0 saturated heterocycles. The number of nitrogens with two attached hydrogens (primary N) is 1. The van der Waals surface area contributed by atoms with Gasteiger partial charge in [-0.1, -0.05) is 27.7 Å². The Morgan fingerprint density at radius 3 is 2.27 bits per heavy atom. The summed E-state index contributed by atoms with van der Waals surface area (Å²) in [6.07, 6.45) is 0.858. The standard InChI is InChI=1S/C20H27N5O7S/c1-11(2)9-23(16-17(21)24(10-12(3)4)20(28)22-18(16)26)19(27)13-6-14(25(29)30)8-15(7-13)33(5,31)32/h6-8,11-12H,9-10,21H2,1-5H3,(H,22,26,28). The molecule has 0 spiro atoms. The number of anilines is 2. The van der Waals surface area contributed by atoms with Crippen LogP contribution in [0.1, 0.15) is 38.1 Å². The van der Waals surface area contributed by atoms with Crippen LogP contribution in [0.5, 0.6) is 0 Å². The second kappa shape index (κ2) is 9.57. The summed E-state index contributed by atoms with van der Waals surface area (Å²) in [4.78, 5) is 51.7. The third-order valence-electron chi connectivity index (χ3n) is 4.60. The summed E-state index contributed by atoms with van der Waals surface area (Å²) in [6, 6.07) is 2.79. The summed E-state index contributed by atoms with van der Waals surface area (Å²) in [7, 11) is -3.88. The zero-order valence-corrected chi connectivity index (χ0v) is 19.8. The Kier molecular flexibility index (Phi) is 7.47. The first kappa shape index (κ1) is 25.8. The largest absolute Gasteiger partial charge is 0.383 e. The van der Waals surface area contributed by atoms with E-state index >= 15 is 0 Å². The molecule has 1 heterocycles. The van der Waals surface area contributed by atoms with Crippen LogP contribution in [-0.2, 0) is 16.4 Å². The normalized spacial score (nSPS) is 11.7. The molecule has 2 aromatic rings. The highest BCUT2D eigenvalue weighted by Crippen LogP contribution is 2.26. The number of hydrogen-bond donors (Lipinski definition) is 2. The summed E-state index contributed by atoms with van der Waals surface area (Å²) in [5, 5.41) is 11.3. The SMILES string of the molecule is CC(C)CN(C(=O)c1cc([N+](=O)[O-])cc(S(C)(=O)=O)c1)c1c(N)n(CC(C)C)c(=O)[nH]c1=O.